The molecule has 2 rings (SSSR count). The quantitative estimate of drug-likeness (QED) is 0.849. The number of H-pyrrole nitrogens is 1. The Bertz CT molecular complexity index is 503. The van der Waals surface area contributed by atoms with Crippen molar-refractivity contribution in [3.05, 3.63) is 40.7 Å². The van der Waals surface area contributed by atoms with Crippen molar-refractivity contribution in [2.24, 2.45) is 0 Å². The number of benzene rings is 1. The van der Waals surface area contributed by atoms with Gasteiger partial charge in [0.1, 0.15) is 0 Å². The fourth-order valence-corrected chi connectivity index (χ4v) is 2.44. The van der Waals surface area contributed by atoms with Crippen molar-refractivity contribution in [2.75, 3.05) is 7.05 Å². The number of nitrogens with one attached hydrogen (secondary N) is 2. The van der Waals surface area contributed by atoms with Crippen LogP contribution < -0.4 is 5.32 Å². The number of aromatic nitrogens is 2. The van der Waals surface area contributed by atoms with Gasteiger partial charge in [-0.25, -0.2) is 0 Å². The summed E-state index contributed by atoms with van der Waals surface area (Å²) >= 11 is 0. The molecule has 0 amide bonds. The number of hydrogen-bond acceptors (Lipinski definition) is 2. The van der Waals surface area contributed by atoms with E-state index in [1.54, 1.807) is 0 Å². The van der Waals surface area contributed by atoms with Crippen LogP contribution in [-0.4, -0.2) is 17.2 Å². The van der Waals surface area contributed by atoms with Gasteiger partial charge in [-0.2, -0.15) is 5.10 Å². The number of aryl methyl sites for hydroxylation is 3. The van der Waals surface area contributed by atoms with Gasteiger partial charge in [-0.05, 0) is 44.5 Å². The molecule has 0 unspecified atom stereocenters. The highest BCUT2D eigenvalue weighted by Crippen LogP contribution is 2.29. The van der Waals surface area contributed by atoms with E-state index >= 15 is 0 Å². The van der Waals surface area contributed by atoms with Gasteiger partial charge in [0.25, 0.3) is 0 Å². The third kappa shape index (κ3) is 2.24. The van der Waals surface area contributed by atoms with Gasteiger partial charge in [0.2, 0.25) is 0 Å². The van der Waals surface area contributed by atoms with Crippen LogP contribution in [0.3, 0.4) is 0 Å². The summed E-state index contributed by atoms with van der Waals surface area (Å²) in [5, 5.41) is 10.4. The second-order valence-corrected chi connectivity index (χ2v) is 4.57. The molecule has 0 bridgehead atoms. The van der Waals surface area contributed by atoms with Crippen LogP contribution in [0.5, 0.6) is 0 Å². The van der Waals surface area contributed by atoms with Crippen LogP contribution in [0.4, 0.5) is 0 Å². The summed E-state index contributed by atoms with van der Waals surface area (Å²) in [5.41, 5.74) is 7.57. The molecule has 0 saturated carbocycles. The summed E-state index contributed by atoms with van der Waals surface area (Å²) in [7, 11) is 1.94. The van der Waals surface area contributed by atoms with E-state index in [4.69, 9.17) is 0 Å². The Labute approximate surface area is 102 Å². The lowest BCUT2D eigenvalue weighted by atomic mass is 9.94. The van der Waals surface area contributed by atoms with Crippen LogP contribution in [0, 0.1) is 20.8 Å². The van der Waals surface area contributed by atoms with Gasteiger partial charge >= 0.3 is 0 Å². The van der Waals surface area contributed by atoms with E-state index in [0.717, 1.165) is 12.2 Å². The van der Waals surface area contributed by atoms with Crippen LogP contribution in [0.1, 0.15) is 22.4 Å². The van der Waals surface area contributed by atoms with Crippen LogP contribution in [0.25, 0.3) is 11.1 Å². The Hall–Kier alpha value is -1.61. The minimum Gasteiger partial charge on any atom is -0.314 e. The molecule has 0 aliphatic carbocycles. The molecule has 3 heteroatoms. The molecule has 1 aromatic heterocycles. The maximum atomic E-state index is 4.16. The van der Waals surface area contributed by atoms with E-state index in [1.807, 2.05) is 13.2 Å². The van der Waals surface area contributed by atoms with E-state index in [-0.39, 0.29) is 0 Å². The average molecular weight is 229 g/mol. The number of rotatable bonds is 3. The molecule has 3 nitrogen and oxygen atoms in total. The van der Waals surface area contributed by atoms with E-state index in [2.05, 4.69) is 48.4 Å². The molecular formula is C14H19N3. The van der Waals surface area contributed by atoms with Gasteiger partial charge in [0.05, 0.1) is 11.9 Å². The van der Waals surface area contributed by atoms with Crippen LogP contribution in [0.15, 0.2) is 18.3 Å². The van der Waals surface area contributed by atoms with Crippen LogP contribution >= 0.6 is 0 Å². The molecule has 1 heterocycles. The highest BCUT2D eigenvalue weighted by molar-refractivity contribution is 5.72. The topological polar surface area (TPSA) is 40.7 Å². The van der Waals surface area contributed by atoms with E-state index < -0.39 is 0 Å². The van der Waals surface area contributed by atoms with Crippen molar-refractivity contribution in [1.82, 2.24) is 15.5 Å². The van der Waals surface area contributed by atoms with Crippen molar-refractivity contribution in [2.45, 2.75) is 27.3 Å². The van der Waals surface area contributed by atoms with Crippen molar-refractivity contribution < 1.29 is 0 Å². The van der Waals surface area contributed by atoms with E-state index in [1.165, 1.54) is 27.8 Å². The van der Waals surface area contributed by atoms with Crippen molar-refractivity contribution in [1.29, 1.82) is 0 Å². The zero-order valence-electron chi connectivity index (χ0n) is 10.9. The Morgan fingerprint density at radius 3 is 2.41 bits per heavy atom. The van der Waals surface area contributed by atoms with E-state index in [0.29, 0.717) is 0 Å². The standard InChI is InChI=1S/C14H19N3/c1-9-5-10(2)14(11(3)6-9)12-7-16-17-13(12)8-15-4/h5-7,15H,8H2,1-4H3,(H,16,17). The molecular weight excluding hydrogens is 210 g/mol. The molecule has 90 valence electrons. The van der Waals surface area contributed by atoms with Crippen LogP contribution in [-0.2, 0) is 6.54 Å². The number of nitrogens with zero attached hydrogens (tertiary/aromatic N) is 1. The summed E-state index contributed by atoms with van der Waals surface area (Å²) in [6.45, 7) is 7.26. The van der Waals surface area contributed by atoms with E-state index in [9.17, 15) is 0 Å². The molecule has 0 atom stereocenters. The Morgan fingerprint density at radius 2 is 1.82 bits per heavy atom. The molecule has 0 radical (unpaired) electrons. The molecule has 1 aromatic carbocycles. The summed E-state index contributed by atoms with van der Waals surface area (Å²) in [6, 6.07) is 4.44. The summed E-state index contributed by atoms with van der Waals surface area (Å²) in [4.78, 5) is 0. The lowest BCUT2D eigenvalue weighted by Gasteiger charge is -2.11. The van der Waals surface area contributed by atoms with Gasteiger partial charge < -0.3 is 5.32 Å². The average Bonchev–Trinajstić information content (AvgIpc) is 2.65. The Balaban J connectivity index is 2.56. The highest BCUT2D eigenvalue weighted by atomic mass is 15.1. The van der Waals surface area contributed by atoms with Gasteiger partial charge in [-0.15, -0.1) is 0 Å². The zero-order valence-corrected chi connectivity index (χ0v) is 10.9. The monoisotopic (exact) mass is 229 g/mol. The fraction of sp³-hybridized carbons (Fsp3) is 0.357. The molecule has 0 fully saturated rings. The Kier molecular flexibility index (Phi) is 3.29. The minimum absolute atomic E-state index is 0.808. The maximum absolute atomic E-state index is 4.16. The maximum Gasteiger partial charge on any atom is 0.0569 e. The van der Waals surface area contributed by atoms with Crippen molar-refractivity contribution >= 4 is 0 Å². The Morgan fingerprint density at radius 1 is 1.18 bits per heavy atom. The lowest BCUT2D eigenvalue weighted by molar-refractivity contribution is 0.785. The summed E-state index contributed by atoms with van der Waals surface area (Å²) < 4.78 is 0. The van der Waals surface area contributed by atoms with Gasteiger partial charge in [-0.1, -0.05) is 17.7 Å². The number of aromatic amines is 1. The summed E-state index contributed by atoms with van der Waals surface area (Å²) in [5.74, 6) is 0. The molecule has 0 spiro atoms. The lowest BCUT2D eigenvalue weighted by Crippen LogP contribution is -2.07. The first-order valence-electron chi connectivity index (χ1n) is 5.88. The third-order valence-corrected chi connectivity index (χ3v) is 3.02. The first kappa shape index (κ1) is 11.9. The SMILES string of the molecule is CNCc1[nH]ncc1-c1c(C)cc(C)cc1C. The molecule has 0 aliphatic rings. The molecule has 2 aromatic rings. The first-order valence-corrected chi connectivity index (χ1v) is 5.88. The second-order valence-electron chi connectivity index (χ2n) is 4.57. The molecule has 0 saturated heterocycles. The largest absolute Gasteiger partial charge is 0.314 e. The predicted octanol–water partition coefficient (Wildman–Crippen LogP) is 2.72. The highest BCUT2D eigenvalue weighted by Gasteiger charge is 2.12. The molecule has 2 N–H and O–H groups in total. The van der Waals surface area contributed by atoms with Gasteiger partial charge in [-0.3, -0.25) is 5.10 Å². The van der Waals surface area contributed by atoms with Crippen LogP contribution in [0.2, 0.25) is 0 Å². The molecule has 17 heavy (non-hydrogen) atoms. The predicted molar refractivity (Wildman–Crippen MR) is 71.0 cm³/mol. The normalized spacial score (nSPS) is 10.8. The smallest absolute Gasteiger partial charge is 0.0569 e. The molecule has 0 aliphatic heterocycles. The van der Waals surface area contributed by atoms with Crippen molar-refractivity contribution in [3.8, 4) is 11.1 Å². The summed E-state index contributed by atoms with van der Waals surface area (Å²) in [6.07, 6.45) is 1.91. The zero-order chi connectivity index (χ0) is 12.4. The fourth-order valence-electron chi connectivity index (χ4n) is 2.44. The minimum atomic E-state index is 0.808. The second kappa shape index (κ2) is 4.72. The van der Waals surface area contributed by atoms with Gasteiger partial charge in [0.15, 0.2) is 0 Å². The van der Waals surface area contributed by atoms with Crippen molar-refractivity contribution in [3.63, 3.8) is 0 Å². The first-order chi connectivity index (χ1) is 8.13. The number of hydrogen-bond donors (Lipinski definition) is 2. The van der Waals surface area contributed by atoms with Gasteiger partial charge in [0, 0.05) is 12.1 Å². The third-order valence-electron chi connectivity index (χ3n) is 3.02.